The summed E-state index contributed by atoms with van der Waals surface area (Å²) in [7, 11) is 1.87. The highest BCUT2D eigenvalue weighted by molar-refractivity contribution is 5.03. The van der Waals surface area contributed by atoms with Crippen LogP contribution >= 0.6 is 0 Å². The number of nitriles is 1. The van der Waals surface area contributed by atoms with Crippen LogP contribution in [-0.4, -0.2) is 36.6 Å². The molecular formula is C13H25N3. The Morgan fingerprint density at radius 1 is 1.50 bits per heavy atom. The van der Waals surface area contributed by atoms with E-state index in [0.29, 0.717) is 6.04 Å². The fraction of sp³-hybridized carbons (Fsp3) is 0.923. The molecule has 0 saturated carbocycles. The molecule has 1 aliphatic heterocycles. The van der Waals surface area contributed by atoms with Crippen LogP contribution in [0.4, 0.5) is 0 Å². The molecule has 0 spiro atoms. The molecule has 3 heteroatoms. The number of rotatable bonds is 4. The van der Waals surface area contributed by atoms with Gasteiger partial charge in [0.15, 0.2) is 0 Å². The molecule has 0 aromatic rings. The third-order valence-electron chi connectivity index (χ3n) is 3.97. The second-order valence-corrected chi connectivity index (χ2v) is 5.46. The summed E-state index contributed by atoms with van der Waals surface area (Å²) in [5.41, 5.74) is -0.372. The molecule has 0 aromatic carbocycles. The molecule has 3 unspecified atom stereocenters. The van der Waals surface area contributed by atoms with E-state index in [9.17, 15) is 0 Å². The number of hydrogen-bond acceptors (Lipinski definition) is 3. The summed E-state index contributed by atoms with van der Waals surface area (Å²) in [6.45, 7) is 8.83. The number of hydrogen-bond donors (Lipinski definition) is 1. The maximum Gasteiger partial charge on any atom is 0.104 e. The molecule has 1 N–H and O–H groups in total. The maximum absolute atomic E-state index is 9.09. The third kappa shape index (κ3) is 3.47. The topological polar surface area (TPSA) is 39.1 Å². The van der Waals surface area contributed by atoms with Crippen molar-refractivity contribution in [2.45, 2.75) is 51.6 Å². The zero-order valence-electron chi connectivity index (χ0n) is 11.1. The van der Waals surface area contributed by atoms with Crippen molar-refractivity contribution < 1.29 is 0 Å². The van der Waals surface area contributed by atoms with Crippen molar-refractivity contribution in [1.82, 2.24) is 10.2 Å². The lowest BCUT2D eigenvalue weighted by molar-refractivity contribution is 0.121. The standard InChI is InChI=1S/C13H25N3/c1-11-5-7-16(12(2)9-11)8-6-13(3,10-14)15-4/h11-12,15H,5-9H2,1-4H3. The summed E-state index contributed by atoms with van der Waals surface area (Å²) in [5.74, 6) is 0.859. The lowest BCUT2D eigenvalue weighted by atomic mass is 9.92. The van der Waals surface area contributed by atoms with Gasteiger partial charge in [0.2, 0.25) is 0 Å². The van der Waals surface area contributed by atoms with Gasteiger partial charge in [-0.25, -0.2) is 0 Å². The molecular weight excluding hydrogens is 198 g/mol. The molecule has 1 rings (SSSR count). The molecule has 16 heavy (non-hydrogen) atoms. The van der Waals surface area contributed by atoms with Crippen molar-refractivity contribution in [3.63, 3.8) is 0 Å². The van der Waals surface area contributed by atoms with E-state index in [4.69, 9.17) is 5.26 Å². The molecule has 0 bridgehead atoms. The lowest BCUT2D eigenvalue weighted by Gasteiger charge is -2.37. The van der Waals surface area contributed by atoms with Gasteiger partial charge in [0.05, 0.1) is 6.07 Å². The average Bonchev–Trinajstić information content (AvgIpc) is 2.27. The summed E-state index contributed by atoms with van der Waals surface area (Å²) in [5, 5.41) is 12.2. The van der Waals surface area contributed by atoms with E-state index >= 15 is 0 Å². The minimum atomic E-state index is -0.372. The van der Waals surface area contributed by atoms with Crippen molar-refractivity contribution in [3.8, 4) is 6.07 Å². The van der Waals surface area contributed by atoms with Gasteiger partial charge in [0.1, 0.15) is 5.54 Å². The van der Waals surface area contributed by atoms with Gasteiger partial charge < -0.3 is 10.2 Å². The first-order chi connectivity index (χ1) is 7.50. The predicted molar refractivity (Wildman–Crippen MR) is 67.1 cm³/mol. The molecule has 1 heterocycles. The zero-order valence-corrected chi connectivity index (χ0v) is 11.1. The van der Waals surface area contributed by atoms with Crippen LogP contribution in [0.1, 0.15) is 40.0 Å². The smallest absolute Gasteiger partial charge is 0.104 e. The van der Waals surface area contributed by atoms with Crippen LogP contribution < -0.4 is 5.32 Å². The fourth-order valence-corrected chi connectivity index (χ4v) is 2.39. The molecule has 0 aromatic heterocycles. The first-order valence-electron chi connectivity index (χ1n) is 6.35. The Morgan fingerprint density at radius 2 is 2.19 bits per heavy atom. The molecule has 1 saturated heterocycles. The lowest BCUT2D eigenvalue weighted by Crippen LogP contribution is -2.46. The molecule has 0 radical (unpaired) electrons. The Kier molecular flexibility index (Phi) is 4.76. The first kappa shape index (κ1) is 13.5. The molecule has 3 nitrogen and oxygen atoms in total. The highest BCUT2D eigenvalue weighted by Gasteiger charge is 2.26. The monoisotopic (exact) mass is 223 g/mol. The fourth-order valence-electron chi connectivity index (χ4n) is 2.39. The van der Waals surface area contributed by atoms with Crippen molar-refractivity contribution >= 4 is 0 Å². The van der Waals surface area contributed by atoms with Crippen molar-refractivity contribution in [2.75, 3.05) is 20.1 Å². The van der Waals surface area contributed by atoms with Crippen LogP contribution in [-0.2, 0) is 0 Å². The normalized spacial score (nSPS) is 30.7. The van der Waals surface area contributed by atoms with Crippen LogP contribution in [0, 0.1) is 17.2 Å². The van der Waals surface area contributed by atoms with Crippen LogP contribution in [0.5, 0.6) is 0 Å². The Hall–Kier alpha value is -0.590. The van der Waals surface area contributed by atoms with Crippen LogP contribution in [0.25, 0.3) is 0 Å². The van der Waals surface area contributed by atoms with Crippen molar-refractivity contribution in [2.24, 2.45) is 5.92 Å². The van der Waals surface area contributed by atoms with E-state index in [2.05, 4.69) is 30.1 Å². The van der Waals surface area contributed by atoms with Crippen LogP contribution in [0.3, 0.4) is 0 Å². The summed E-state index contributed by atoms with van der Waals surface area (Å²) in [4.78, 5) is 2.52. The number of piperidine rings is 1. The summed E-state index contributed by atoms with van der Waals surface area (Å²) in [6, 6.07) is 3.02. The van der Waals surface area contributed by atoms with E-state index in [-0.39, 0.29) is 5.54 Å². The van der Waals surface area contributed by atoms with Crippen LogP contribution in [0.15, 0.2) is 0 Å². The molecule has 92 valence electrons. The third-order valence-corrected chi connectivity index (χ3v) is 3.97. The molecule has 1 aliphatic rings. The van der Waals surface area contributed by atoms with E-state index in [1.54, 1.807) is 0 Å². The van der Waals surface area contributed by atoms with Crippen molar-refractivity contribution in [3.05, 3.63) is 0 Å². The summed E-state index contributed by atoms with van der Waals surface area (Å²) < 4.78 is 0. The Balaban J connectivity index is 2.41. The van der Waals surface area contributed by atoms with Gasteiger partial charge in [-0.15, -0.1) is 0 Å². The maximum atomic E-state index is 9.09. The van der Waals surface area contributed by atoms with Gasteiger partial charge in [-0.3, -0.25) is 0 Å². The van der Waals surface area contributed by atoms with Gasteiger partial charge in [-0.05, 0) is 52.6 Å². The summed E-state index contributed by atoms with van der Waals surface area (Å²) >= 11 is 0. The Morgan fingerprint density at radius 3 is 2.69 bits per heavy atom. The highest BCUT2D eigenvalue weighted by atomic mass is 15.2. The second-order valence-electron chi connectivity index (χ2n) is 5.46. The van der Waals surface area contributed by atoms with E-state index in [0.717, 1.165) is 18.9 Å². The predicted octanol–water partition coefficient (Wildman–Crippen LogP) is 2.00. The molecule has 3 atom stereocenters. The first-order valence-corrected chi connectivity index (χ1v) is 6.35. The van der Waals surface area contributed by atoms with Gasteiger partial charge in [0, 0.05) is 12.6 Å². The number of likely N-dealkylation sites (tertiary alicyclic amines) is 1. The van der Waals surface area contributed by atoms with Gasteiger partial charge in [-0.2, -0.15) is 5.26 Å². The Labute approximate surface area is 99.8 Å². The van der Waals surface area contributed by atoms with Crippen LogP contribution in [0.2, 0.25) is 0 Å². The largest absolute Gasteiger partial charge is 0.303 e. The van der Waals surface area contributed by atoms with E-state index < -0.39 is 0 Å². The SMILES string of the molecule is CNC(C)(C#N)CCN1CCC(C)CC1C. The Bertz CT molecular complexity index is 258. The zero-order chi connectivity index (χ0) is 12.2. The molecule has 0 aliphatic carbocycles. The quantitative estimate of drug-likeness (QED) is 0.792. The van der Waals surface area contributed by atoms with Gasteiger partial charge in [-0.1, -0.05) is 6.92 Å². The second kappa shape index (κ2) is 5.65. The number of nitrogens with zero attached hydrogens (tertiary/aromatic N) is 2. The van der Waals surface area contributed by atoms with Gasteiger partial charge in [0.25, 0.3) is 0 Å². The minimum Gasteiger partial charge on any atom is -0.303 e. The highest BCUT2D eigenvalue weighted by Crippen LogP contribution is 2.23. The van der Waals surface area contributed by atoms with E-state index in [1.165, 1.54) is 19.4 Å². The summed E-state index contributed by atoms with van der Waals surface area (Å²) in [6.07, 6.45) is 3.49. The molecule has 0 amide bonds. The minimum absolute atomic E-state index is 0.372. The van der Waals surface area contributed by atoms with E-state index in [1.807, 2.05) is 14.0 Å². The van der Waals surface area contributed by atoms with Crippen molar-refractivity contribution in [1.29, 1.82) is 5.26 Å². The molecule has 1 fully saturated rings. The van der Waals surface area contributed by atoms with Gasteiger partial charge >= 0.3 is 0 Å². The average molecular weight is 223 g/mol. The number of nitrogens with one attached hydrogen (secondary N) is 1.